The second kappa shape index (κ2) is 8.54. The van der Waals surface area contributed by atoms with Crippen molar-refractivity contribution < 1.29 is 9.53 Å². The summed E-state index contributed by atoms with van der Waals surface area (Å²) in [5, 5.41) is 4.02. The van der Waals surface area contributed by atoms with Crippen molar-refractivity contribution in [3.8, 4) is 5.75 Å². The molecule has 0 saturated heterocycles. The monoisotopic (exact) mass is 308 g/mol. The Morgan fingerprint density at radius 2 is 1.96 bits per heavy atom. The molecule has 0 aliphatic rings. The smallest absolute Gasteiger partial charge is 0.277 e. The van der Waals surface area contributed by atoms with E-state index in [1.165, 1.54) is 0 Å². The maximum Gasteiger partial charge on any atom is 0.277 e. The van der Waals surface area contributed by atoms with Gasteiger partial charge in [-0.1, -0.05) is 48.5 Å². The quantitative estimate of drug-likeness (QED) is 0.655. The zero-order valence-electron chi connectivity index (χ0n) is 13.3. The summed E-state index contributed by atoms with van der Waals surface area (Å²) in [4.78, 5) is 11.7. The van der Waals surface area contributed by atoms with Crippen LogP contribution in [0.5, 0.6) is 5.75 Å². The SMILES string of the molecule is CC(/C=C/c1ccccc1)=N\NC(=O)COc1cccc(C)c1. The summed E-state index contributed by atoms with van der Waals surface area (Å²) >= 11 is 0. The number of rotatable bonds is 6. The summed E-state index contributed by atoms with van der Waals surface area (Å²) in [6.45, 7) is 3.73. The van der Waals surface area contributed by atoms with E-state index in [-0.39, 0.29) is 12.5 Å². The molecule has 0 heterocycles. The number of aryl methyl sites for hydroxylation is 1. The second-order valence-electron chi connectivity index (χ2n) is 5.14. The molecule has 0 unspecified atom stereocenters. The molecule has 0 bridgehead atoms. The molecule has 0 aromatic heterocycles. The molecule has 0 atom stereocenters. The van der Waals surface area contributed by atoms with Crippen molar-refractivity contribution in [1.82, 2.24) is 5.43 Å². The number of ether oxygens (including phenoxy) is 1. The summed E-state index contributed by atoms with van der Waals surface area (Å²) in [7, 11) is 0. The van der Waals surface area contributed by atoms with Crippen molar-refractivity contribution in [3.05, 3.63) is 71.8 Å². The van der Waals surface area contributed by atoms with Crippen molar-refractivity contribution in [1.29, 1.82) is 0 Å². The summed E-state index contributed by atoms with van der Waals surface area (Å²) in [5.74, 6) is 0.379. The molecule has 4 heteroatoms. The molecule has 2 rings (SSSR count). The zero-order chi connectivity index (χ0) is 16.5. The van der Waals surface area contributed by atoms with E-state index in [2.05, 4.69) is 10.5 Å². The summed E-state index contributed by atoms with van der Waals surface area (Å²) in [6, 6.07) is 17.5. The molecule has 0 spiro atoms. The van der Waals surface area contributed by atoms with Crippen LogP contribution in [-0.4, -0.2) is 18.2 Å². The number of hydrogen-bond acceptors (Lipinski definition) is 3. The van der Waals surface area contributed by atoms with Crippen LogP contribution in [0.3, 0.4) is 0 Å². The molecular weight excluding hydrogens is 288 g/mol. The van der Waals surface area contributed by atoms with Crippen molar-refractivity contribution in [2.24, 2.45) is 5.10 Å². The maximum atomic E-state index is 11.7. The third kappa shape index (κ3) is 6.18. The van der Waals surface area contributed by atoms with Crippen LogP contribution in [0.1, 0.15) is 18.1 Å². The van der Waals surface area contributed by atoms with E-state index in [1.54, 1.807) is 0 Å². The molecule has 1 amide bonds. The first-order valence-electron chi connectivity index (χ1n) is 7.39. The van der Waals surface area contributed by atoms with Gasteiger partial charge in [0, 0.05) is 0 Å². The fourth-order valence-electron chi connectivity index (χ4n) is 1.86. The molecule has 0 radical (unpaired) electrons. The Morgan fingerprint density at radius 1 is 1.17 bits per heavy atom. The van der Waals surface area contributed by atoms with Gasteiger partial charge in [0.25, 0.3) is 5.91 Å². The minimum absolute atomic E-state index is 0.0668. The number of allylic oxidation sites excluding steroid dienone is 1. The lowest BCUT2D eigenvalue weighted by molar-refractivity contribution is -0.123. The van der Waals surface area contributed by atoms with E-state index in [9.17, 15) is 4.79 Å². The molecule has 0 saturated carbocycles. The van der Waals surface area contributed by atoms with E-state index in [0.29, 0.717) is 11.5 Å². The molecule has 0 fully saturated rings. The van der Waals surface area contributed by atoms with Gasteiger partial charge in [-0.25, -0.2) is 5.43 Å². The van der Waals surface area contributed by atoms with Crippen LogP contribution in [0.2, 0.25) is 0 Å². The van der Waals surface area contributed by atoms with Crippen molar-refractivity contribution in [2.75, 3.05) is 6.61 Å². The average Bonchev–Trinajstić information content (AvgIpc) is 2.57. The maximum absolute atomic E-state index is 11.7. The number of carbonyl (C=O) groups excluding carboxylic acids is 1. The third-order valence-electron chi connectivity index (χ3n) is 3.03. The highest BCUT2D eigenvalue weighted by atomic mass is 16.5. The Morgan fingerprint density at radius 3 is 2.70 bits per heavy atom. The first kappa shape index (κ1) is 16.5. The van der Waals surface area contributed by atoms with Crippen LogP contribution >= 0.6 is 0 Å². The topological polar surface area (TPSA) is 50.7 Å². The predicted molar refractivity (Wildman–Crippen MR) is 93.4 cm³/mol. The number of benzene rings is 2. The molecule has 4 nitrogen and oxygen atoms in total. The van der Waals surface area contributed by atoms with Crippen molar-refractivity contribution in [2.45, 2.75) is 13.8 Å². The lowest BCUT2D eigenvalue weighted by Crippen LogP contribution is -2.25. The first-order chi connectivity index (χ1) is 11.1. The molecule has 2 aromatic rings. The highest BCUT2D eigenvalue weighted by Crippen LogP contribution is 2.11. The van der Waals surface area contributed by atoms with Crippen LogP contribution in [-0.2, 0) is 4.79 Å². The van der Waals surface area contributed by atoms with Gasteiger partial charge in [0.05, 0.1) is 5.71 Å². The van der Waals surface area contributed by atoms with E-state index in [1.807, 2.05) is 80.6 Å². The lowest BCUT2D eigenvalue weighted by atomic mass is 10.2. The summed E-state index contributed by atoms with van der Waals surface area (Å²) in [6.07, 6.45) is 3.78. The number of carbonyl (C=O) groups is 1. The van der Waals surface area contributed by atoms with E-state index in [0.717, 1.165) is 11.1 Å². The fourth-order valence-corrected chi connectivity index (χ4v) is 1.86. The molecule has 118 valence electrons. The Balaban J connectivity index is 1.79. The highest BCUT2D eigenvalue weighted by Gasteiger charge is 2.01. The molecular formula is C19H20N2O2. The number of hydrogen-bond donors (Lipinski definition) is 1. The third-order valence-corrected chi connectivity index (χ3v) is 3.03. The van der Waals surface area contributed by atoms with Crippen molar-refractivity contribution >= 4 is 17.7 Å². The van der Waals surface area contributed by atoms with Gasteiger partial charge in [0.15, 0.2) is 6.61 Å². The van der Waals surface area contributed by atoms with Crippen LogP contribution in [0, 0.1) is 6.92 Å². The van der Waals surface area contributed by atoms with Gasteiger partial charge >= 0.3 is 0 Å². The Kier molecular flexibility index (Phi) is 6.12. The minimum Gasteiger partial charge on any atom is -0.484 e. The minimum atomic E-state index is -0.293. The van der Waals surface area contributed by atoms with Crippen LogP contribution in [0.25, 0.3) is 6.08 Å². The van der Waals surface area contributed by atoms with Gasteiger partial charge in [-0.3, -0.25) is 4.79 Å². The molecule has 1 N–H and O–H groups in total. The second-order valence-corrected chi connectivity index (χ2v) is 5.14. The van der Waals surface area contributed by atoms with Crippen molar-refractivity contribution in [3.63, 3.8) is 0 Å². The summed E-state index contributed by atoms with van der Waals surface area (Å²) in [5.41, 5.74) is 5.35. The predicted octanol–water partition coefficient (Wildman–Crippen LogP) is 3.58. The zero-order valence-corrected chi connectivity index (χ0v) is 13.3. The van der Waals surface area contributed by atoms with Gasteiger partial charge < -0.3 is 4.74 Å². The number of nitrogens with zero attached hydrogens (tertiary/aromatic N) is 1. The highest BCUT2D eigenvalue weighted by molar-refractivity contribution is 5.97. The normalized spacial score (nSPS) is 11.5. The van der Waals surface area contributed by atoms with Gasteiger partial charge in [-0.2, -0.15) is 5.10 Å². The Labute approximate surface area is 136 Å². The Hall–Kier alpha value is -2.88. The largest absolute Gasteiger partial charge is 0.484 e. The standard InChI is InChI=1S/C19H20N2O2/c1-15-7-6-10-18(13-15)23-14-19(22)21-20-16(2)11-12-17-8-4-3-5-9-17/h3-13H,14H2,1-2H3,(H,21,22)/b12-11+,20-16+. The first-order valence-corrected chi connectivity index (χ1v) is 7.39. The number of hydrazone groups is 1. The van der Waals surface area contributed by atoms with E-state index < -0.39 is 0 Å². The molecule has 2 aromatic carbocycles. The van der Waals surface area contributed by atoms with Gasteiger partial charge in [-0.05, 0) is 43.2 Å². The number of amides is 1. The van der Waals surface area contributed by atoms with Gasteiger partial charge in [-0.15, -0.1) is 0 Å². The van der Waals surface area contributed by atoms with Crippen LogP contribution < -0.4 is 10.2 Å². The molecule has 0 aliphatic carbocycles. The molecule has 23 heavy (non-hydrogen) atoms. The fraction of sp³-hybridized carbons (Fsp3) is 0.158. The molecule has 0 aliphatic heterocycles. The van der Waals surface area contributed by atoms with Gasteiger partial charge in [0.2, 0.25) is 0 Å². The lowest BCUT2D eigenvalue weighted by Gasteiger charge is -2.05. The Bertz CT molecular complexity index is 706. The van der Waals surface area contributed by atoms with E-state index >= 15 is 0 Å². The average molecular weight is 308 g/mol. The van der Waals surface area contributed by atoms with E-state index in [4.69, 9.17) is 4.74 Å². The summed E-state index contributed by atoms with van der Waals surface area (Å²) < 4.78 is 5.41. The van der Waals surface area contributed by atoms with Crippen LogP contribution in [0.15, 0.2) is 65.8 Å². The number of nitrogens with one attached hydrogen (secondary N) is 1. The van der Waals surface area contributed by atoms with Gasteiger partial charge in [0.1, 0.15) is 5.75 Å². The van der Waals surface area contributed by atoms with Crippen LogP contribution in [0.4, 0.5) is 0 Å².